The molecule has 22 heavy (non-hydrogen) atoms. The number of carbonyl (C=O) groups excluding carboxylic acids is 2. The summed E-state index contributed by atoms with van der Waals surface area (Å²) in [5.41, 5.74) is 0.883. The van der Waals surface area contributed by atoms with Gasteiger partial charge < -0.3 is 15.2 Å². The fourth-order valence-corrected chi connectivity index (χ4v) is 2.38. The van der Waals surface area contributed by atoms with Crippen molar-refractivity contribution in [3.63, 3.8) is 0 Å². The van der Waals surface area contributed by atoms with E-state index in [1.165, 1.54) is 24.3 Å². The number of rotatable bonds is 5. The lowest BCUT2D eigenvalue weighted by molar-refractivity contribution is -0.306. The number of carbonyl (C=O) groups is 2. The van der Waals surface area contributed by atoms with Gasteiger partial charge in [-0.1, -0.05) is 34.1 Å². The van der Waals surface area contributed by atoms with E-state index in [1.807, 2.05) is 0 Å². The van der Waals surface area contributed by atoms with Gasteiger partial charge in [0, 0.05) is 22.4 Å². The van der Waals surface area contributed by atoms with Gasteiger partial charge in [-0.25, -0.2) is 4.39 Å². The molecule has 2 aromatic rings. The highest BCUT2D eigenvalue weighted by molar-refractivity contribution is 9.10. The van der Waals surface area contributed by atoms with Crippen LogP contribution in [0.4, 0.5) is 4.39 Å². The highest BCUT2D eigenvalue weighted by atomic mass is 79.9. The van der Waals surface area contributed by atoms with Crippen LogP contribution in [0.25, 0.3) is 0 Å². The smallest absolute Gasteiger partial charge is 0.251 e. The van der Waals surface area contributed by atoms with Crippen molar-refractivity contribution >= 4 is 27.8 Å². The van der Waals surface area contributed by atoms with E-state index >= 15 is 0 Å². The first-order chi connectivity index (χ1) is 10.5. The molecule has 0 heterocycles. The molecule has 1 N–H and O–H groups in total. The molecule has 1 atom stereocenters. The zero-order valence-corrected chi connectivity index (χ0v) is 13.0. The van der Waals surface area contributed by atoms with Crippen LogP contribution < -0.4 is 10.4 Å². The third kappa shape index (κ3) is 4.39. The van der Waals surface area contributed by atoms with Gasteiger partial charge in [0.1, 0.15) is 5.82 Å². The summed E-state index contributed by atoms with van der Waals surface area (Å²) in [7, 11) is 0. The first kappa shape index (κ1) is 16.2. The van der Waals surface area contributed by atoms with E-state index < -0.39 is 30.2 Å². The Morgan fingerprint density at radius 1 is 1.18 bits per heavy atom. The number of carboxylic acid groups (broad SMARTS) is 1. The second-order valence-corrected chi connectivity index (χ2v) is 5.58. The van der Waals surface area contributed by atoms with Crippen molar-refractivity contribution < 1.29 is 19.1 Å². The van der Waals surface area contributed by atoms with Crippen LogP contribution in [0.5, 0.6) is 0 Å². The minimum atomic E-state index is -1.30. The molecule has 2 aromatic carbocycles. The van der Waals surface area contributed by atoms with Crippen LogP contribution in [0.3, 0.4) is 0 Å². The lowest BCUT2D eigenvalue weighted by Crippen LogP contribution is -2.34. The van der Waals surface area contributed by atoms with Crippen molar-refractivity contribution in [2.75, 3.05) is 0 Å². The number of benzene rings is 2. The molecule has 0 fully saturated rings. The Morgan fingerprint density at radius 3 is 2.45 bits per heavy atom. The molecule has 6 heteroatoms. The Morgan fingerprint density at radius 2 is 1.86 bits per heavy atom. The molecule has 0 radical (unpaired) electrons. The third-order valence-corrected chi connectivity index (χ3v) is 3.53. The molecule has 0 aliphatic rings. The van der Waals surface area contributed by atoms with E-state index in [2.05, 4.69) is 21.2 Å². The molecule has 0 saturated carbocycles. The maximum Gasteiger partial charge on any atom is 0.251 e. The number of aliphatic carboxylic acids is 1. The van der Waals surface area contributed by atoms with E-state index in [0.717, 1.165) is 4.47 Å². The van der Waals surface area contributed by atoms with Crippen molar-refractivity contribution in [1.29, 1.82) is 0 Å². The topological polar surface area (TPSA) is 69.2 Å². The molecule has 0 aromatic heterocycles. The zero-order chi connectivity index (χ0) is 16.1. The van der Waals surface area contributed by atoms with Crippen LogP contribution in [0.15, 0.2) is 53.0 Å². The molecule has 2 rings (SSSR count). The summed E-state index contributed by atoms with van der Waals surface area (Å²) in [6, 6.07) is 11.2. The fraction of sp³-hybridized carbons (Fsp3) is 0.125. The zero-order valence-electron chi connectivity index (χ0n) is 11.4. The Labute approximate surface area is 135 Å². The minimum absolute atomic E-state index is 0.389. The molecule has 1 amide bonds. The highest BCUT2D eigenvalue weighted by Gasteiger charge is 2.16. The average Bonchev–Trinajstić information content (AvgIpc) is 2.47. The SMILES string of the molecule is O=C([O-])C[C@H](NC(=O)c1cccc(Br)c1)c1ccc(F)cc1. The molecular weight excluding hydrogens is 353 g/mol. The number of hydrogen-bond acceptors (Lipinski definition) is 3. The van der Waals surface area contributed by atoms with Crippen LogP contribution in [-0.2, 0) is 4.79 Å². The molecule has 0 spiro atoms. The van der Waals surface area contributed by atoms with Gasteiger partial charge in [-0.05, 0) is 35.9 Å². The van der Waals surface area contributed by atoms with E-state index in [9.17, 15) is 19.1 Å². The Kier molecular flexibility index (Phi) is 5.27. The molecule has 0 unspecified atom stereocenters. The highest BCUT2D eigenvalue weighted by Crippen LogP contribution is 2.19. The summed E-state index contributed by atoms with van der Waals surface area (Å²) in [6.45, 7) is 0. The predicted molar refractivity (Wildman–Crippen MR) is 80.4 cm³/mol. The van der Waals surface area contributed by atoms with Gasteiger partial charge in [-0.2, -0.15) is 0 Å². The van der Waals surface area contributed by atoms with Crippen molar-refractivity contribution in [1.82, 2.24) is 5.32 Å². The van der Waals surface area contributed by atoms with Crippen LogP contribution in [0, 0.1) is 5.82 Å². The molecule has 0 aliphatic carbocycles. The predicted octanol–water partition coefficient (Wildman–Crippen LogP) is 2.20. The number of carboxylic acids is 1. The average molecular weight is 365 g/mol. The molecular formula is C16H12BrFNO3-. The van der Waals surface area contributed by atoms with E-state index in [4.69, 9.17) is 0 Å². The third-order valence-electron chi connectivity index (χ3n) is 3.04. The Bertz CT molecular complexity index is 688. The van der Waals surface area contributed by atoms with Gasteiger partial charge in [0.15, 0.2) is 0 Å². The monoisotopic (exact) mass is 364 g/mol. The fourth-order valence-electron chi connectivity index (χ4n) is 1.99. The van der Waals surface area contributed by atoms with Crippen LogP contribution in [-0.4, -0.2) is 11.9 Å². The van der Waals surface area contributed by atoms with Gasteiger partial charge in [0.05, 0.1) is 6.04 Å². The summed E-state index contributed by atoms with van der Waals surface area (Å²) >= 11 is 3.26. The molecule has 4 nitrogen and oxygen atoms in total. The number of halogens is 2. The summed E-state index contributed by atoms with van der Waals surface area (Å²) in [6.07, 6.45) is -0.397. The summed E-state index contributed by atoms with van der Waals surface area (Å²) in [5, 5.41) is 13.5. The van der Waals surface area contributed by atoms with Crippen molar-refractivity contribution in [2.45, 2.75) is 12.5 Å². The minimum Gasteiger partial charge on any atom is -0.550 e. The number of amides is 1. The van der Waals surface area contributed by atoms with Crippen molar-refractivity contribution in [3.8, 4) is 0 Å². The Balaban J connectivity index is 2.21. The van der Waals surface area contributed by atoms with Gasteiger partial charge in [0.2, 0.25) is 0 Å². The summed E-state index contributed by atoms with van der Waals surface area (Å²) in [5.74, 6) is -2.16. The quantitative estimate of drug-likeness (QED) is 0.883. The lowest BCUT2D eigenvalue weighted by Gasteiger charge is -2.20. The van der Waals surface area contributed by atoms with Gasteiger partial charge >= 0.3 is 0 Å². The summed E-state index contributed by atoms with van der Waals surface area (Å²) in [4.78, 5) is 23.1. The lowest BCUT2D eigenvalue weighted by atomic mass is 10.0. The maximum absolute atomic E-state index is 13.0. The Hall–Kier alpha value is -2.21. The molecule has 0 aliphatic heterocycles. The van der Waals surface area contributed by atoms with E-state index in [0.29, 0.717) is 11.1 Å². The largest absolute Gasteiger partial charge is 0.550 e. The number of hydrogen-bond donors (Lipinski definition) is 1. The normalized spacial score (nSPS) is 11.7. The van der Waals surface area contributed by atoms with E-state index in [1.54, 1.807) is 24.3 Å². The van der Waals surface area contributed by atoms with Crippen LogP contribution >= 0.6 is 15.9 Å². The first-order valence-electron chi connectivity index (χ1n) is 6.47. The standard InChI is InChI=1S/C16H13BrFNO3/c17-12-3-1-2-11(8-12)16(22)19-14(9-15(20)21)10-4-6-13(18)7-5-10/h1-8,14H,9H2,(H,19,22)(H,20,21)/p-1/t14-/m0/s1. The van der Waals surface area contributed by atoms with Gasteiger partial charge in [-0.3, -0.25) is 4.79 Å². The molecule has 0 saturated heterocycles. The molecule has 114 valence electrons. The second-order valence-electron chi connectivity index (χ2n) is 4.66. The number of nitrogens with one attached hydrogen (secondary N) is 1. The van der Waals surface area contributed by atoms with E-state index in [-0.39, 0.29) is 0 Å². The van der Waals surface area contributed by atoms with Crippen LogP contribution in [0.1, 0.15) is 28.4 Å². The van der Waals surface area contributed by atoms with Crippen molar-refractivity contribution in [2.24, 2.45) is 0 Å². The van der Waals surface area contributed by atoms with Crippen molar-refractivity contribution in [3.05, 3.63) is 69.9 Å². The molecule has 0 bridgehead atoms. The van der Waals surface area contributed by atoms with Crippen LogP contribution in [0.2, 0.25) is 0 Å². The van der Waals surface area contributed by atoms with Gasteiger partial charge in [0.25, 0.3) is 5.91 Å². The summed E-state index contributed by atoms with van der Waals surface area (Å²) < 4.78 is 13.7. The second kappa shape index (κ2) is 7.17. The first-order valence-corrected chi connectivity index (χ1v) is 7.27. The maximum atomic E-state index is 13.0. The van der Waals surface area contributed by atoms with Gasteiger partial charge in [-0.15, -0.1) is 0 Å².